The molecule has 0 unspecified atom stereocenters. The summed E-state index contributed by atoms with van der Waals surface area (Å²) >= 11 is 7.50. The van der Waals surface area contributed by atoms with Gasteiger partial charge in [0.15, 0.2) is 10.9 Å². The molecule has 0 bridgehead atoms. The Morgan fingerprint density at radius 3 is 2.70 bits per heavy atom. The standard InChI is InChI=1S/C17H15ClN2O2S/c1-12-4-6-14(7-5-12)21-10-16-20-13(11-23-16)9-22-15-3-2-8-19-17(15)18/h2-8,11H,9-10H2,1H3. The molecular formula is C17H15ClN2O2S. The molecule has 2 heterocycles. The number of thiazole rings is 1. The van der Waals surface area contributed by atoms with Crippen molar-refractivity contribution in [1.82, 2.24) is 9.97 Å². The first-order valence-corrected chi connectivity index (χ1v) is 8.32. The quantitative estimate of drug-likeness (QED) is 0.609. The first-order chi connectivity index (χ1) is 11.2. The molecule has 0 saturated heterocycles. The topological polar surface area (TPSA) is 44.2 Å². The highest BCUT2D eigenvalue weighted by molar-refractivity contribution is 7.09. The van der Waals surface area contributed by atoms with Crippen LogP contribution in [0.25, 0.3) is 0 Å². The number of rotatable bonds is 6. The molecule has 0 aliphatic carbocycles. The first-order valence-electron chi connectivity index (χ1n) is 7.07. The van der Waals surface area contributed by atoms with Gasteiger partial charge >= 0.3 is 0 Å². The summed E-state index contributed by atoms with van der Waals surface area (Å²) in [5.74, 6) is 1.39. The van der Waals surface area contributed by atoms with Gasteiger partial charge in [0, 0.05) is 11.6 Å². The van der Waals surface area contributed by atoms with Gasteiger partial charge in [-0.1, -0.05) is 29.3 Å². The van der Waals surface area contributed by atoms with E-state index in [1.807, 2.05) is 36.6 Å². The van der Waals surface area contributed by atoms with Crippen LogP contribution in [0.2, 0.25) is 5.15 Å². The van der Waals surface area contributed by atoms with E-state index in [1.54, 1.807) is 29.7 Å². The van der Waals surface area contributed by atoms with Crippen LogP contribution < -0.4 is 9.47 Å². The van der Waals surface area contributed by atoms with Crippen molar-refractivity contribution in [2.24, 2.45) is 0 Å². The van der Waals surface area contributed by atoms with Gasteiger partial charge in [0.1, 0.15) is 24.0 Å². The average molecular weight is 347 g/mol. The number of benzene rings is 1. The molecule has 1 aromatic carbocycles. The van der Waals surface area contributed by atoms with Crippen molar-refractivity contribution in [3.8, 4) is 11.5 Å². The summed E-state index contributed by atoms with van der Waals surface area (Å²) in [5, 5.41) is 3.21. The fourth-order valence-corrected chi connectivity index (χ4v) is 2.76. The zero-order chi connectivity index (χ0) is 16.1. The van der Waals surface area contributed by atoms with Gasteiger partial charge in [0.05, 0.1) is 5.69 Å². The molecule has 6 heteroatoms. The number of nitrogens with zero attached hydrogens (tertiary/aromatic N) is 2. The minimum atomic E-state index is 0.352. The number of hydrogen-bond donors (Lipinski definition) is 0. The maximum absolute atomic E-state index is 5.95. The van der Waals surface area contributed by atoms with Crippen molar-refractivity contribution in [1.29, 1.82) is 0 Å². The molecule has 0 aliphatic heterocycles. The minimum Gasteiger partial charge on any atom is -0.486 e. The van der Waals surface area contributed by atoms with Crippen LogP contribution in [0.1, 0.15) is 16.3 Å². The van der Waals surface area contributed by atoms with Crippen molar-refractivity contribution in [2.45, 2.75) is 20.1 Å². The van der Waals surface area contributed by atoms with Crippen LogP contribution in [-0.4, -0.2) is 9.97 Å². The monoisotopic (exact) mass is 346 g/mol. The molecule has 118 valence electrons. The van der Waals surface area contributed by atoms with Gasteiger partial charge in [-0.2, -0.15) is 0 Å². The molecule has 4 nitrogen and oxygen atoms in total. The smallest absolute Gasteiger partial charge is 0.171 e. The van der Waals surface area contributed by atoms with E-state index in [-0.39, 0.29) is 0 Å². The molecule has 0 aliphatic rings. The molecule has 0 saturated carbocycles. The number of halogens is 1. The van der Waals surface area contributed by atoms with E-state index in [4.69, 9.17) is 21.1 Å². The molecular weight excluding hydrogens is 332 g/mol. The summed E-state index contributed by atoms with van der Waals surface area (Å²) in [7, 11) is 0. The normalized spacial score (nSPS) is 10.5. The van der Waals surface area contributed by atoms with Crippen molar-refractivity contribution in [3.63, 3.8) is 0 Å². The van der Waals surface area contributed by atoms with E-state index >= 15 is 0 Å². The molecule has 0 fully saturated rings. The number of aryl methyl sites for hydroxylation is 1. The third-order valence-electron chi connectivity index (χ3n) is 3.08. The fourth-order valence-electron chi connectivity index (χ4n) is 1.89. The lowest BCUT2D eigenvalue weighted by molar-refractivity contribution is 0.294. The minimum absolute atomic E-state index is 0.352. The Kier molecular flexibility index (Phi) is 5.10. The summed E-state index contributed by atoms with van der Waals surface area (Å²) < 4.78 is 11.3. The SMILES string of the molecule is Cc1ccc(OCc2nc(COc3cccnc3Cl)cs2)cc1. The Bertz CT molecular complexity index is 774. The zero-order valence-corrected chi connectivity index (χ0v) is 14.1. The van der Waals surface area contributed by atoms with Crippen LogP contribution >= 0.6 is 22.9 Å². The predicted molar refractivity (Wildman–Crippen MR) is 91.2 cm³/mol. The number of aromatic nitrogens is 2. The highest BCUT2D eigenvalue weighted by Crippen LogP contribution is 2.22. The maximum Gasteiger partial charge on any atom is 0.171 e. The van der Waals surface area contributed by atoms with Crippen LogP contribution in [0, 0.1) is 6.92 Å². The van der Waals surface area contributed by atoms with Gasteiger partial charge in [0.25, 0.3) is 0 Å². The van der Waals surface area contributed by atoms with Gasteiger partial charge in [-0.25, -0.2) is 9.97 Å². The lowest BCUT2D eigenvalue weighted by atomic mass is 10.2. The Morgan fingerprint density at radius 2 is 1.91 bits per heavy atom. The van der Waals surface area contributed by atoms with Crippen molar-refractivity contribution in [2.75, 3.05) is 0 Å². The fraction of sp³-hybridized carbons (Fsp3) is 0.176. The van der Waals surface area contributed by atoms with Gasteiger partial charge in [-0.05, 0) is 31.2 Å². The molecule has 3 rings (SSSR count). The molecule has 23 heavy (non-hydrogen) atoms. The van der Waals surface area contributed by atoms with Gasteiger partial charge in [0.2, 0.25) is 0 Å². The summed E-state index contributed by atoms with van der Waals surface area (Å²) in [4.78, 5) is 8.46. The summed E-state index contributed by atoms with van der Waals surface area (Å²) in [6, 6.07) is 11.5. The summed E-state index contributed by atoms with van der Waals surface area (Å²) in [5.41, 5.74) is 2.05. The highest BCUT2D eigenvalue weighted by atomic mass is 35.5. The van der Waals surface area contributed by atoms with Gasteiger partial charge in [-0.15, -0.1) is 11.3 Å². The second-order valence-corrected chi connectivity index (χ2v) is 6.22. The third-order valence-corrected chi connectivity index (χ3v) is 4.24. The van der Waals surface area contributed by atoms with Crippen LogP contribution in [0.3, 0.4) is 0 Å². The third kappa shape index (κ3) is 4.43. The maximum atomic E-state index is 5.95. The predicted octanol–water partition coefficient (Wildman–Crippen LogP) is 4.66. The molecule has 0 radical (unpaired) electrons. The van der Waals surface area contributed by atoms with E-state index in [9.17, 15) is 0 Å². The second kappa shape index (κ2) is 7.44. The summed E-state index contributed by atoms with van der Waals surface area (Å²) in [6.45, 7) is 2.85. The highest BCUT2D eigenvalue weighted by Gasteiger charge is 2.06. The summed E-state index contributed by atoms with van der Waals surface area (Å²) in [6.07, 6.45) is 1.62. The number of pyridine rings is 1. The van der Waals surface area contributed by atoms with Crippen molar-refractivity contribution >= 4 is 22.9 Å². The van der Waals surface area contributed by atoms with Crippen molar-refractivity contribution in [3.05, 3.63) is 69.4 Å². The van der Waals surface area contributed by atoms with Crippen LogP contribution in [0.5, 0.6) is 11.5 Å². The van der Waals surface area contributed by atoms with Gasteiger partial charge < -0.3 is 9.47 Å². The average Bonchev–Trinajstić information content (AvgIpc) is 3.02. The Labute approximate surface area is 143 Å². The van der Waals surface area contributed by atoms with E-state index in [0.29, 0.717) is 24.1 Å². The Morgan fingerprint density at radius 1 is 1.09 bits per heavy atom. The number of ether oxygens (including phenoxy) is 2. The number of hydrogen-bond acceptors (Lipinski definition) is 5. The van der Waals surface area contributed by atoms with Crippen LogP contribution in [-0.2, 0) is 13.2 Å². The lowest BCUT2D eigenvalue weighted by Gasteiger charge is -2.05. The molecule has 0 atom stereocenters. The van der Waals surface area contributed by atoms with E-state index in [2.05, 4.69) is 9.97 Å². The molecule has 0 N–H and O–H groups in total. The zero-order valence-electron chi connectivity index (χ0n) is 12.5. The van der Waals surface area contributed by atoms with E-state index in [0.717, 1.165) is 16.5 Å². The van der Waals surface area contributed by atoms with Crippen LogP contribution in [0.4, 0.5) is 0 Å². The van der Waals surface area contributed by atoms with Crippen LogP contribution in [0.15, 0.2) is 48.0 Å². The molecule has 3 aromatic rings. The largest absolute Gasteiger partial charge is 0.486 e. The Hall–Kier alpha value is -2.11. The lowest BCUT2D eigenvalue weighted by Crippen LogP contribution is -1.99. The second-order valence-electron chi connectivity index (χ2n) is 4.92. The molecule has 0 spiro atoms. The molecule has 0 amide bonds. The first kappa shape index (κ1) is 15.8. The van der Waals surface area contributed by atoms with Crippen molar-refractivity contribution < 1.29 is 9.47 Å². The van der Waals surface area contributed by atoms with E-state index in [1.165, 1.54) is 5.56 Å². The van der Waals surface area contributed by atoms with Gasteiger partial charge in [-0.3, -0.25) is 0 Å². The molecule has 2 aromatic heterocycles. The van der Waals surface area contributed by atoms with E-state index < -0.39 is 0 Å². The Balaban J connectivity index is 1.53.